The third-order valence-corrected chi connectivity index (χ3v) is 2.77. The van der Waals surface area contributed by atoms with Gasteiger partial charge in [-0.1, -0.05) is 32.9 Å². The van der Waals surface area contributed by atoms with Gasteiger partial charge in [-0.3, -0.25) is 4.79 Å². The van der Waals surface area contributed by atoms with E-state index in [9.17, 15) is 14.3 Å². The van der Waals surface area contributed by atoms with Gasteiger partial charge in [-0.2, -0.15) is 0 Å². The molecule has 4 heteroatoms. The minimum Gasteiger partial charge on any atom is -0.391 e. The van der Waals surface area contributed by atoms with Crippen LogP contribution in [0, 0.1) is 11.2 Å². The number of carbonyl (C=O) groups is 1. The smallest absolute Gasteiger partial charge is 0.224 e. The fourth-order valence-corrected chi connectivity index (χ4v) is 1.37. The second-order valence-electron chi connectivity index (χ2n) is 5.49. The maximum Gasteiger partial charge on any atom is 0.224 e. The van der Waals surface area contributed by atoms with Crippen LogP contribution in [0.15, 0.2) is 24.3 Å². The summed E-state index contributed by atoms with van der Waals surface area (Å²) in [6.45, 7) is 5.95. The summed E-state index contributed by atoms with van der Waals surface area (Å²) >= 11 is 0. The van der Waals surface area contributed by atoms with Gasteiger partial charge in [0.1, 0.15) is 5.82 Å². The molecule has 18 heavy (non-hydrogen) atoms. The van der Waals surface area contributed by atoms with E-state index in [4.69, 9.17) is 0 Å². The van der Waals surface area contributed by atoms with Crippen LogP contribution in [-0.2, 0) is 11.2 Å². The zero-order valence-electron chi connectivity index (χ0n) is 11.0. The summed E-state index contributed by atoms with van der Waals surface area (Å²) in [5.41, 5.74) is 0.488. The molecule has 2 N–H and O–H groups in total. The molecule has 0 aromatic heterocycles. The number of amides is 1. The van der Waals surface area contributed by atoms with Crippen molar-refractivity contribution < 1.29 is 14.3 Å². The van der Waals surface area contributed by atoms with Crippen LogP contribution >= 0.6 is 0 Å². The van der Waals surface area contributed by atoms with Crippen LogP contribution in [0.5, 0.6) is 0 Å². The van der Waals surface area contributed by atoms with Gasteiger partial charge in [0.25, 0.3) is 0 Å². The van der Waals surface area contributed by atoms with Crippen LogP contribution in [0.2, 0.25) is 0 Å². The molecule has 0 saturated carbocycles. The maximum atomic E-state index is 12.7. The molecule has 0 heterocycles. The van der Waals surface area contributed by atoms with Crippen LogP contribution in [-0.4, -0.2) is 23.7 Å². The SMILES string of the molecule is CC(C)(C)C(O)CNC(=O)Cc1ccc(F)cc1. The number of aliphatic hydroxyl groups is 1. The number of benzene rings is 1. The van der Waals surface area contributed by atoms with Crippen LogP contribution in [0.1, 0.15) is 26.3 Å². The monoisotopic (exact) mass is 253 g/mol. The van der Waals surface area contributed by atoms with Crippen molar-refractivity contribution in [1.29, 1.82) is 0 Å². The number of rotatable bonds is 4. The molecule has 1 rings (SSSR count). The van der Waals surface area contributed by atoms with Crippen molar-refractivity contribution in [3.05, 3.63) is 35.6 Å². The second-order valence-corrected chi connectivity index (χ2v) is 5.49. The van der Waals surface area contributed by atoms with Gasteiger partial charge in [-0.15, -0.1) is 0 Å². The van der Waals surface area contributed by atoms with Gasteiger partial charge in [0, 0.05) is 6.54 Å². The molecular weight excluding hydrogens is 233 g/mol. The van der Waals surface area contributed by atoms with Crippen molar-refractivity contribution in [2.75, 3.05) is 6.54 Å². The number of hydrogen-bond acceptors (Lipinski definition) is 2. The lowest BCUT2D eigenvalue weighted by Gasteiger charge is -2.25. The largest absolute Gasteiger partial charge is 0.391 e. The summed E-state index contributed by atoms with van der Waals surface area (Å²) in [5, 5.41) is 12.4. The molecule has 0 aliphatic rings. The fourth-order valence-electron chi connectivity index (χ4n) is 1.37. The standard InChI is InChI=1S/C14H20FNO2/c1-14(2,3)12(17)9-16-13(18)8-10-4-6-11(15)7-5-10/h4-7,12,17H,8-9H2,1-3H3,(H,16,18). The number of aliphatic hydroxyl groups excluding tert-OH is 1. The maximum absolute atomic E-state index is 12.7. The van der Waals surface area contributed by atoms with Crippen molar-refractivity contribution in [1.82, 2.24) is 5.32 Å². The van der Waals surface area contributed by atoms with Crippen molar-refractivity contribution in [3.8, 4) is 0 Å². The number of hydrogen-bond donors (Lipinski definition) is 2. The van der Waals surface area contributed by atoms with Gasteiger partial charge >= 0.3 is 0 Å². The summed E-state index contributed by atoms with van der Waals surface area (Å²) in [7, 11) is 0. The molecule has 1 unspecified atom stereocenters. The summed E-state index contributed by atoms with van der Waals surface area (Å²) in [5.74, 6) is -0.493. The van der Waals surface area contributed by atoms with Crippen molar-refractivity contribution in [3.63, 3.8) is 0 Å². The van der Waals surface area contributed by atoms with E-state index in [2.05, 4.69) is 5.32 Å². The number of halogens is 1. The van der Waals surface area contributed by atoms with E-state index in [-0.39, 0.29) is 30.1 Å². The number of nitrogens with one attached hydrogen (secondary N) is 1. The van der Waals surface area contributed by atoms with Gasteiger partial charge in [0.2, 0.25) is 5.91 Å². The first-order chi connectivity index (χ1) is 8.29. The molecular formula is C14H20FNO2. The van der Waals surface area contributed by atoms with Crippen LogP contribution in [0.4, 0.5) is 4.39 Å². The minimum absolute atomic E-state index is 0.176. The molecule has 100 valence electrons. The quantitative estimate of drug-likeness (QED) is 0.861. The van der Waals surface area contributed by atoms with E-state index in [1.165, 1.54) is 12.1 Å². The molecule has 0 radical (unpaired) electrons. The average Bonchev–Trinajstić information content (AvgIpc) is 2.28. The van der Waals surface area contributed by atoms with Crippen LogP contribution in [0.25, 0.3) is 0 Å². The van der Waals surface area contributed by atoms with E-state index < -0.39 is 6.10 Å². The first-order valence-corrected chi connectivity index (χ1v) is 5.98. The van der Waals surface area contributed by atoms with Gasteiger partial charge in [0.05, 0.1) is 12.5 Å². The molecule has 1 aromatic rings. The van der Waals surface area contributed by atoms with Gasteiger partial charge < -0.3 is 10.4 Å². The zero-order chi connectivity index (χ0) is 13.8. The van der Waals surface area contributed by atoms with E-state index in [0.29, 0.717) is 0 Å². The molecule has 1 aromatic carbocycles. The van der Waals surface area contributed by atoms with E-state index >= 15 is 0 Å². The summed E-state index contributed by atoms with van der Waals surface area (Å²) < 4.78 is 12.7. The van der Waals surface area contributed by atoms with Gasteiger partial charge in [0.15, 0.2) is 0 Å². The highest BCUT2D eigenvalue weighted by atomic mass is 19.1. The molecule has 0 aliphatic heterocycles. The summed E-state index contributed by atoms with van der Waals surface area (Å²) in [6.07, 6.45) is -0.397. The Labute approximate surface area is 107 Å². The molecule has 1 amide bonds. The molecule has 0 saturated heterocycles. The highest BCUT2D eigenvalue weighted by molar-refractivity contribution is 5.78. The van der Waals surface area contributed by atoms with Crippen molar-refractivity contribution in [2.24, 2.45) is 5.41 Å². The lowest BCUT2D eigenvalue weighted by atomic mass is 9.89. The Hall–Kier alpha value is -1.42. The second kappa shape index (κ2) is 5.96. The Morgan fingerprint density at radius 2 is 1.89 bits per heavy atom. The molecule has 0 aliphatic carbocycles. The third kappa shape index (κ3) is 4.84. The molecule has 0 bridgehead atoms. The normalized spacial score (nSPS) is 13.2. The Kier molecular flexibility index (Phi) is 4.84. The number of carbonyl (C=O) groups excluding carboxylic acids is 1. The topological polar surface area (TPSA) is 49.3 Å². The van der Waals surface area contributed by atoms with Crippen LogP contribution < -0.4 is 5.32 Å². The first-order valence-electron chi connectivity index (χ1n) is 5.98. The zero-order valence-corrected chi connectivity index (χ0v) is 11.0. The molecule has 0 fully saturated rings. The average molecular weight is 253 g/mol. The minimum atomic E-state index is -0.588. The van der Waals surface area contributed by atoms with E-state index in [1.54, 1.807) is 12.1 Å². The predicted octanol–water partition coefficient (Wildman–Crippen LogP) is 1.89. The Balaban J connectivity index is 2.41. The molecule has 1 atom stereocenters. The summed E-state index contributed by atoms with van der Waals surface area (Å²) in [6, 6.07) is 5.81. The van der Waals surface area contributed by atoms with Crippen molar-refractivity contribution in [2.45, 2.75) is 33.3 Å². The molecule has 3 nitrogen and oxygen atoms in total. The van der Waals surface area contributed by atoms with E-state index in [1.807, 2.05) is 20.8 Å². The van der Waals surface area contributed by atoms with Gasteiger partial charge in [-0.25, -0.2) is 4.39 Å². The van der Waals surface area contributed by atoms with E-state index in [0.717, 1.165) is 5.56 Å². The Morgan fingerprint density at radius 3 is 2.39 bits per heavy atom. The van der Waals surface area contributed by atoms with Gasteiger partial charge in [-0.05, 0) is 23.1 Å². The predicted molar refractivity (Wildman–Crippen MR) is 68.6 cm³/mol. The highest BCUT2D eigenvalue weighted by Gasteiger charge is 2.22. The van der Waals surface area contributed by atoms with Crippen LogP contribution in [0.3, 0.4) is 0 Å². The fraction of sp³-hybridized carbons (Fsp3) is 0.500. The lowest BCUT2D eigenvalue weighted by Crippen LogP contribution is -2.39. The third-order valence-electron chi connectivity index (χ3n) is 2.77. The Bertz CT molecular complexity index is 395. The highest BCUT2D eigenvalue weighted by Crippen LogP contribution is 2.18. The van der Waals surface area contributed by atoms with Crippen molar-refractivity contribution >= 4 is 5.91 Å². The molecule has 0 spiro atoms. The first kappa shape index (κ1) is 14.6. The Morgan fingerprint density at radius 1 is 1.33 bits per heavy atom. The summed E-state index contributed by atoms with van der Waals surface area (Å²) in [4.78, 5) is 11.6. The lowest BCUT2D eigenvalue weighted by molar-refractivity contribution is -0.121.